The van der Waals surface area contributed by atoms with Gasteiger partial charge in [0.15, 0.2) is 0 Å². The van der Waals surface area contributed by atoms with Crippen molar-refractivity contribution in [2.75, 3.05) is 20.1 Å². The molecule has 28 heavy (non-hydrogen) atoms. The van der Waals surface area contributed by atoms with Gasteiger partial charge >= 0.3 is 0 Å². The Balaban J connectivity index is 0.00000729. The van der Waals surface area contributed by atoms with Crippen LogP contribution in [0.2, 0.25) is 0 Å². The third-order valence-electron chi connectivity index (χ3n) is 5.87. The smallest absolute Gasteiger partial charge is 0.0772 e. The predicted octanol–water partition coefficient (Wildman–Crippen LogP) is 3.62. The lowest BCUT2D eigenvalue weighted by Gasteiger charge is -2.13. The van der Waals surface area contributed by atoms with E-state index in [1.54, 1.807) is 4.90 Å². The van der Waals surface area contributed by atoms with Crippen molar-refractivity contribution in [1.29, 1.82) is 0 Å². The molecule has 0 aliphatic heterocycles. The molecule has 1 nitrogen and oxygen atoms in total. The van der Waals surface area contributed by atoms with Crippen LogP contribution in [0.15, 0.2) is 30.3 Å². The number of nitrogens with one attached hydrogen (secondary N) is 1. The number of hydrogen-bond donors (Lipinski definition) is 1. The quantitative estimate of drug-likeness (QED) is 0.333. The number of benzene rings is 1. The number of halogens is 1. The molecule has 0 fully saturated rings. The Kier molecular flexibility index (Phi) is 20.8. The molecule has 1 aromatic carbocycles. The Bertz CT molecular complexity index is 406. The Morgan fingerprint density at radius 2 is 1.00 bits per heavy atom. The zero-order valence-corrected chi connectivity index (χ0v) is 19.7. The van der Waals surface area contributed by atoms with Crippen LogP contribution >= 0.6 is 0 Å². The number of unbranched alkanes of at least 4 members (excludes halogenated alkanes) is 13. The Morgan fingerprint density at radius 3 is 1.50 bits per heavy atom. The van der Waals surface area contributed by atoms with E-state index >= 15 is 0 Å². The Hall–Kier alpha value is -0.530. The van der Waals surface area contributed by atoms with Crippen molar-refractivity contribution in [2.24, 2.45) is 0 Å². The molecule has 164 valence electrons. The van der Waals surface area contributed by atoms with Crippen molar-refractivity contribution < 1.29 is 17.3 Å². The molecular formula is C26H48ClN. The van der Waals surface area contributed by atoms with E-state index in [4.69, 9.17) is 0 Å². The summed E-state index contributed by atoms with van der Waals surface area (Å²) in [5, 5.41) is 0. The molecule has 0 spiro atoms. The fourth-order valence-electron chi connectivity index (χ4n) is 3.99. The van der Waals surface area contributed by atoms with Crippen LogP contribution < -0.4 is 17.3 Å². The van der Waals surface area contributed by atoms with Gasteiger partial charge in [-0.25, -0.2) is 0 Å². The summed E-state index contributed by atoms with van der Waals surface area (Å²) in [6, 6.07) is 10.9. The maximum absolute atomic E-state index is 2.37. The monoisotopic (exact) mass is 409 g/mol. The molecule has 1 aromatic rings. The highest BCUT2D eigenvalue weighted by atomic mass is 35.5. The lowest BCUT2D eigenvalue weighted by Crippen LogP contribution is -3.09. The van der Waals surface area contributed by atoms with Crippen LogP contribution in [0.5, 0.6) is 0 Å². The first-order valence-corrected chi connectivity index (χ1v) is 12.2. The minimum absolute atomic E-state index is 0. The molecule has 0 saturated heterocycles. The van der Waals surface area contributed by atoms with Gasteiger partial charge in [0.2, 0.25) is 0 Å². The van der Waals surface area contributed by atoms with Gasteiger partial charge in [-0.1, -0.05) is 114 Å². The third kappa shape index (κ3) is 17.6. The summed E-state index contributed by atoms with van der Waals surface area (Å²) in [6.45, 7) is 4.97. The van der Waals surface area contributed by atoms with E-state index in [2.05, 4.69) is 44.3 Å². The highest BCUT2D eigenvalue weighted by Crippen LogP contribution is 2.12. The van der Waals surface area contributed by atoms with Crippen molar-refractivity contribution in [3.05, 3.63) is 35.9 Å². The lowest BCUT2D eigenvalue weighted by molar-refractivity contribution is -0.880. The molecule has 1 unspecified atom stereocenters. The van der Waals surface area contributed by atoms with E-state index in [9.17, 15) is 0 Å². The minimum Gasteiger partial charge on any atom is -1.00 e. The molecular weight excluding hydrogens is 362 g/mol. The van der Waals surface area contributed by atoms with Gasteiger partial charge in [0, 0.05) is 6.42 Å². The maximum atomic E-state index is 2.37. The normalized spacial score (nSPS) is 11.9. The van der Waals surface area contributed by atoms with Gasteiger partial charge in [-0.05, 0) is 24.8 Å². The summed E-state index contributed by atoms with van der Waals surface area (Å²) in [5.41, 5.74) is 1.49. The third-order valence-corrected chi connectivity index (χ3v) is 5.87. The Morgan fingerprint density at radius 1 is 0.571 bits per heavy atom. The van der Waals surface area contributed by atoms with Crippen LogP contribution in [0.4, 0.5) is 0 Å². The van der Waals surface area contributed by atoms with Gasteiger partial charge in [-0.3, -0.25) is 0 Å². The second kappa shape index (κ2) is 21.2. The highest BCUT2D eigenvalue weighted by molar-refractivity contribution is 5.14. The summed E-state index contributed by atoms with van der Waals surface area (Å²) < 4.78 is 0. The molecule has 1 rings (SSSR count). The molecule has 0 saturated carbocycles. The molecule has 1 N–H and O–H groups in total. The predicted molar refractivity (Wildman–Crippen MR) is 122 cm³/mol. The summed E-state index contributed by atoms with van der Waals surface area (Å²) in [5.74, 6) is 0. The van der Waals surface area contributed by atoms with Crippen molar-refractivity contribution in [1.82, 2.24) is 0 Å². The van der Waals surface area contributed by atoms with Crippen molar-refractivity contribution in [3.8, 4) is 0 Å². The van der Waals surface area contributed by atoms with Crippen molar-refractivity contribution >= 4 is 0 Å². The SMILES string of the molecule is CCCCCCCCCCCCCCCC[NH+](C)CCCc1ccccc1.[Cl-]. The standard InChI is InChI=1S/C26H47N.ClH/c1-3-4-5-6-7-8-9-10-11-12-13-14-15-19-24-27(2)25-20-23-26-21-17-16-18-22-26;/h16-18,21-22H,3-15,19-20,23-25H2,1-2H3;1H. The molecule has 0 radical (unpaired) electrons. The van der Waals surface area contributed by atoms with Crippen molar-refractivity contribution in [2.45, 2.75) is 110 Å². The fraction of sp³-hybridized carbons (Fsp3) is 0.769. The van der Waals surface area contributed by atoms with Crippen LogP contribution in [0, 0.1) is 0 Å². The van der Waals surface area contributed by atoms with Crippen LogP contribution in [0.1, 0.15) is 109 Å². The van der Waals surface area contributed by atoms with Crippen molar-refractivity contribution in [3.63, 3.8) is 0 Å². The molecule has 0 aliphatic carbocycles. The summed E-state index contributed by atoms with van der Waals surface area (Å²) in [4.78, 5) is 1.71. The summed E-state index contributed by atoms with van der Waals surface area (Å²) >= 11 is 0. The maximum Gasteiger partial charge on any atom is 0.0772 e. The van der Waals surface area contributed by atoms with E-state index in [0.717, 1.165) is 0 Å². The van der Waals surface area contributed by atoms with E-state index in [1.807, 2.05) is 0 Å². The first-order valence-electron chi connectivity index (χ1n) is 12.2. The molecule has 0 aliphatic rings. The highest BCUT2D eigenvalue weighted by Gasteiger charge is 2.02. The van der Waals surface area contributed by atoms with E-state index < -0.39 is 0 Å². The van der Waals surface area contributed by atoms with Crippen LogP contribution in [-0.4, -0.2) is 20.1 Å². The molecule has 1 atom stereocenters. The van der Waals surface area contributed by atoms with E-state index in [-0.39, 0.29) is 12.4 Å². The van der Waals surface area contributed by atoms with E-state index in [0.29, 0.717) is 0 Å². The first-order chi connectivity index (χ1) is 13.3. The zero-order chi connectivity index (χ0) is 19.4. The van der Waals surface area contributed by atoms with Gasteiger partial charge in [0.05, 0.1) is 20.1 Å². The topological polar surface area (TPSA) is 4.44 Å². The average molecular weight is 410 g/mol. The first kappa shape index (κ1) is 27.5. The molecule has 0 bridgehead atoms. The Labute approximate surface area is 183 Å². The van der Waals surface area contributed by atoms with Gasteiger partial charge in [-0.2, -0.15) is 0 Å². The van der Waals surface area contributed by atoms with Gasteiger partial charge in [-0.15, -0.1) is 0 Å². The molecule has 2 heteroatoms. The van der Waals surface area contributed by atoms with Crippen LogP contribution in [0.3, 0.4) is 0 Å². The van der Waals surface area contributed by atoms with Gasteiger partial charge in [0.25, 0.3) is 0 Å². The number of quaternary nitrogens is 1. The minimum atomic E-state index is 0. The van der Waals surface area contributed by atoms with Gasteiger partial charge < -0.3 is 17.3 Å². The average Bonchev–Trinajstić information content (AvgIpc) is 2.69. The second-order valence-electron chi connectivity index (χ2n) is 8.64. The lowest BCUT2D eigenvalue weighted by atomic mass is 10.0. The zero-order valence-electron chi connectivity index (χ0n) is 19.0. The molecule has 0 heterocycles. The van der Waals surface area contributed by atoms with E-state index in [1.165, 1.54) is 121 Å². The van der Waals surface area contributed by atoms with Crippen LogP contribution in [-0.2, 0) is 6.42 Å². The van der Waals surface area contributed by atoms with Gasteiger partial charge in [0.1, 0.15) is 0 Å². The second-order valence-corrected chi connectivity index (χ2v) is 8.64. The summed E-state index contributed by atoms with van der Waals surface area (Å²) in [6.07, 6.45) is 22.9. The largest absolute Gasteiger partial charge is 1.00 e. The number of aryl methyl sites for hydroxylation is 1. The van der Waals surface area contributed by atoms with Crippen LogP contribution in [0.25, 0.3) is 0 Å². The fourth-order valence-corrected chi connectivity index (χ4v) is 3.99. The molecule has 0 amide bonds. The summed E-state index contributed by atoms with van der Waals surface area (Å²) in [7, 11) is 2.37. The number of hydrogen-bond acceptors (Lipinski definition) is 0. The molecule has 0 aromatic heterocycles. The number of rotatable bonds is 19.